The summed E-state index contributed by atoms with van der Waals surface area (Å²) in [6.45, 7) is 4.74. The quantitative estimate of drug-likeness (QED) is 0.854. The first kappa shape index (κ1) is 14.7. The van der Waals surface area contributed by atoms with Crippen LogP contribution >= 0.6 is 0 Å². The van der Waals surface area contributed by atoms with Crippen molar-refractivity contribution in [3.05, 3.63) is 61.0 Å². The van der Waals surface area contributed by atoms with Crippen molar-refractivity contribution in [2.45, 2.75) is 26.3 Å². The summed E-state index contributed by atoms with van der Waals surface area (Å²) in [5.41, 5.74) is 10.7. The van der Waals surface area contributed by atoms with Gasteiger partial charge in [-0.25, -0.2) is 0 Å². The summed E-state index contributed by atoms with van der Waals surface area (Å²) in [5, 5.41) is 7.04. The molecule has 3 heteroatoms. The molecule has 3 aliphatic rings. The first-order chi connectivity index (χ1) is 10.5. The zero-order valence-electron chi connectivity index (χ0n) is 13.6. The van der Waals surface area contributed by atoms with Crippen LogP contribution in [0.3, 0.4) is 0 Å². The van der Waals surface area contributed by atoms with Crippen molar-refractivity contribution in [2.24, 2.45) is 5.41 Å². The number of nitrogens with one attached hydrogen (secondary N) is 2. The van der Waals surface area contributed by atoms with Gasteiger partial charge in [0.05, 0.1) is 0 Å². The van der Waals surface area contributed by atoms with Gasteiger partial charge in [0.2, 0.25) is 0 Å². The fourth-order valence-corrected chi connectivity index (χ4v) is 5.93. The van der Waals surface area contributed by atoms with Crippen LogP contribution < -0.4 is 10.6 Å². The topological polar surface area (TPSA) is 24.1 Å². The molecule has 1 unspecified atom stereocenters. The molecular weight excluding hydrogens is 347 g/mol. The molecule has 0 spiro atoms. The number of likely N-dealkylation sites (N-methyl/N-ethyl adjacent to an activating group) is 1. The van der Waals surface area contributed by atoms with Crippen molar-refractivity contribution in [2.75, 3.05) is 14.1 Å². The molecule has 1 saturated carbocycles. The Morgan fingerprint density at radius 2 is 1.86 bits per heavy atom. The molecule has 1 fully saturated rings. The molecule has 2 N–H and O–H groups in total. The van der Waals surface area contributed by atoms with E-state index in [0.717, 1.165) is 6.42 Å². The van der Waals surface area contributed by atoms with Crippen LogP contribution in [0.15, 0.2) is 49.8 Å². The monoisotopic (exact) mass is 367 g/mol. The van der Waals surface area contributed by atoms with Gasteiger partial charge in [0.1, 0.15) is 0 Å². The third kappa shape index (κ3) is 1.73. The van der Waals surface area contributed by atoms with Crippen LogP contribution in [0, 0.1) is 5.41 Å². The number of allylic oxidation sites excluding steroid dienone is 3. The van der Waals surface area contributed by atoms with Crippen LogP contribution in [0.2, 0.25) is 0 Å². The Kier molecular flexibility index (Phi) is 3.19. The van der Waals surface area contributed by atoms with E-state index in [4.69, 9.17) is 0 Å². The van der Waals surface area contributed by atoms with E-state index < -0.39 is 0 Å². The maximum atomic E-state index is 3.55. The van der Waals surface area contributed by atoms with Crippen molar-refractivity contribution in [1.29, 1.82) is 0 Å². The van der Waals surface area contributed by atoms with Gasteiger partial charge in [0, 0.05) is 0 Å². The Morgan fingerprint density at radius 1 is 1.14 bits per heavy atom. The first-order valence-electron chi connectivity index (χ1n) is 7.90. The number of hydrogen-bond donors (Lipinski definition) is 2. The molecule has 0 bridgehead atoms. The summed E-state index contributed by atoms with van der Waals surface area (Å²) in [6, 6.07) is 9.08. The molecule has 0 aliphatic heterocycles. The molecule has 2 nitrogen and oxygen atoms in total. The zero-order valence-corrected chi connectivity index (χ0v) is 16.1. The standard InChI is InChI=1S/C19H21N2.Zr/c1-19(2)14-10-9-13(16(14)19)15-17(20-3)11-7-5-6-8-12(11)18(15)21-4;/h5-8,17,20-21H,9H2,1-4H3;. The molecule has 1 aromatic rings. The van der Waals surface area contributed by atoms with E-state index in [9.17, 15) is 0 Å². The third-order valence-electron chi connectivity index (χ3n) is 5.36. The van der Waals surface area contributed by atoms with Gasteiger partial charge < -0.3 is 0 Å². The van der Waals surface area contributed by atoms with Gasteiger partial charge in [0.15, 0.2) is 0 Å². The van der Waals surface area contributed by atoms with E-state index in [1.807, 2.05) is 0 Å². The van der Waals surface area contributed by atoms with Gasteiger partial charge in [0.25, 0.3) is 0 Å². The van der Waals surface area contributed by atoms with Crippen LogP contribution in [0.5, 0.6) is 0 Å². The number of rotatable bonds is 3. The van der Waals surface area contributed by atoms with Gasteiger partial charge in [-0.05, 0) is 0 Å². The van der Waals surface area contributed by atoms with E-state index >= 15 is 0 Å². The fraction of sp³-hybridized carbons (Fsp3) is 0.368. The summed E-state index contributed by atoms with van der Waals surface area (Å²) in [7, 11) is 4.13. The van der Waals surface area contributed by atoms with E-state index in [0.29, 0.717) is 11.5 Å². The second-order valence-electron chi connectivity index (χ2n) is 6.86. The van der Waals surface area contributed by atoms with Crippen LogP contribution in [0.1, 0.15) is 37.4 Å². The average molecular weight is 369 g/mol. The summed E-state index contributed by atoms with van der Waals surface area (Å²) >= 11 is 1.58. The molecule has 4 rings (SSSR count). The van der Waals surface area contributed by atoms with Gasteiger partial charge in [-0.2, -0.15) is 0 Å². The summed E-state index contributed by atoms with van der Waals surface area (Å²) < 4.78 is 1.65. The molecule has 0 heterocycles. The van der Waals surface area contributed by atoms with Gasteiger partial charge in [-0.3, -0.25) is 0 Å². The number of fused-ring (bicyclic) bond motifs is 2. The molecule has 22 heavy (non-hydrogen) atoms. The molecule has 0 saturated heterocycles. The molecule has 0 aromatic heterocycles. The molecule has 1 aromatic carbocycles. The van der Waals surface area contributed by atoms with Crippen LogP contribution in [-0.2, 0) is 24.7 Å². The van der Waals surface area contributed by atoms with Gasteiger partial charge in [-0.15, -0.1) is 0 Å². The minimum absolute atomic E-state index is 0.306. The van der Waals surface area contributed by atoms with E-state index in [1.165, 1.54) is 22.4 Å². The summed E-state index contributed by atoms with van der Waals surface area (Å²) in [5.74, 6) is 0. The predicted molar refractivity (Wildman–Crippen MR) is 86.7 cm³/mol. The van der Waals surface area contributed by atoms with Gasteiger partial charge >= 0.3 is 148 Å². The Balaban J connectivity index is 1.91. The normalized spacial score (nSPS) is 24.8. The van der Waals surface area contributed by atoms with Crippen molar-refractivity contribution in [3.63, 3.8) is 0 Å². The van der Waals surface area contributed by atoms with Crippen LogP contribution in [0.4, 0.5) is 0 Å². The van der Waals surface area contributed by atoms with Crippen LogP contribution in [-0.4, -0.2) is 14.1 Å². The van der Waals surface area contributed by atoms with Gasteiger partial charge in [-0.1, -0.05) is 0 Å². The Bertz CT molecular complexity index is 780. The number of hydrogen-bond acceptors (Lipinski definition) is 2. The second kappa shape index (κ2) is 4.79. The van der Waals surface area contributed by atoms with E-state index in [2.05, 4.69) is 62.8 Å². The summed E-state index contributed by atoms with van der Waals surface area (Å²) in [6.07, 6.45) is 1.15. The van der Waals surface area contributed by atoms with Crippen molar-refractivity contribution in [1.82, 2.24) is 10.6 Å². The molecule has 0 radical (unpaired) electrons. The van der Waals surface area contributed by atoms with E-state index in [1.54, 1.807) is 44.7 Å². The predicted octanol–water partition coefficient (Wildman–Crippen LogP) is 3.43. The Labute approximate surface area is 147 Å². The third-order valence-corrected chi connectivity index (χ3v) is 6.41. The molecule has 3 aliphatic carbocycles. The van der Waals surface area contributed by atoms with Crippen molar-refractivity contribution >= 4 is 5.70 Å². The Hall–Kier alpha value is -0.917. The van der Waals surface area contributed by atoms with Crippen LogP contribution in [0.25, 0.3) is 5.70 Å². The average Bonchev–Trinajstić information content (AvgIpc) is 2.82. The maximum absolute atomic E-state index is 3.55. The van der Waals surface area contributed by atoms with Crippen molar-refractivity contribution in [3.8, 4) is 0 Å². The second-order valence-corrected chi connectivity index (χ2v) is 8.34. The fourth-order valence-electron chi connectivity index (χ4n) is 4.42. The molecular formula is C19H21N2Zr. The van der Waals surface area contributed by atoms with Crippen molar-refractivity contribution < 1.29 is 24.7 Å². The minimum atomic E-state index is 0.306. The van der Waals surface area contributed by atoms with E-state index in [-0.39, 0.29) is 0 Å². The molecule has 1 atom stereocenters. The first-order valence-corrected chi connectivity index (χ1v) is 9.13. The SMILES string of the molecule is CNC1=C(C2=C3C(=[C]([Zr])C2)C3(C)C)C(NC)c2ccccc21. The molecule has 111 valence electrons. The Morgan fingerprint density at radius 3 is 2.45 bits per heavy atom. The molecule has 0 amide bonds. The zero-order chi connectivity index (χ0) is 15.6. The summed E-state index contributed by atoms with van der Waals surface area (Å²) in [4.78, 5) is 0. The number of benzene rings is 1.